The van der Waals surface area contributed by atoms with Gasteiger partial charge < -0.3 is 19.3 Å². The molecule has 0 aliphatic heterocycles. The third kappa shape index (κ3) is 4.36. The normalized spacial score (nSPS) is 11.4. The minimum Gasteiger partial charge on any atom is -0.333 e. The van der Waals surface area contributed by atoms with E-state index in [1.165, 1.54) is 11.8 Å². The Kier molecular flexibility index (Phi) is 5.92. The highest BCUT2D eigenvalue weighted by molar-refractivity contribution is 7.99. The smallest absolute Gasteiger partial charge is 0.327 e. The molecule has 0 aliphatic carbocycles. The molecule has 4 rings (SSSR count). The second-order valence-corrected chi connectivity index (χ2v) is 7.94. The third-order valence-electron chi connectivity index (χ3n) is 4.10. The zero-order valence-electron chi connectivity index (χ0n) is 14.4. The molecular formula is C19H15ClN3O3PS. The average molecular weight is 432 g/mol. The van der Waals surface area contributed by atoms with E-state index in [9.17, 15) is 0 Å². The minimum absolute atomic E-state index is 0.0922. The molecule has 0 bridgehead atoms. The summed E-state index contributed by atoms with van der Waals surface area (Å²) in [4.78, 5) is 29.4. The van der Waals surface area contributed by atoms with Gasteiger partial charge in [0.2, 0.25) is 0 Å². The summed E-state index contributed by atoms with van der Waals surface area (Å²) in [5.74, 6) is 0.0922. The van der Waals surface area contributed by atoms with Crippen molar-refractivity contribution in [1.82, 2.24) is 15.0 Å². The molecule has 4 aromatic rings. The van der Waals surface area contributed by atoms with E-state index in [-0.39, 0.29) is 5.94 Å². The minimum atomic E-state index is -2.37. The number of aromatic nitrogens is 3. The van der Waals surface area contributed by atoms with Crippen LogP contribution in [0, 0.1) is 0 Å². The van der Waals surface area contributed by atoms with Crippen LogP contribution in [-0.2, 0) is 4.52 Å². The van der Waals surface area contributed by atoms with Gasteiger partial charge in [-0.2, -0.15) is 0 Å². The summed E-state index contributed by atoms with van der Waals surface area (Å²) in [5.41, 5.74) is 5.60. The molecular weight excluding hydrogens is 417 g/mol. The van der Waals surface area contributed by atoms with Gasteiger partial charge in [0.15, 0.2) is 5.16 Å². The van der Waals surface area contributed by atoms with Crippen molar-refractivity contribution in [3.05, 3.63) is 65.9 Å². The first-order valence-electron chi connectivity index (χ1n) is 8.24. The first kappa shape index (κ1) is 19.3. The van der Waals surface area contributed by atoms with E-state index in [1.54, 1.807) is 6.20 Å². The molecule has 0 unspecified atom stereocenters. The molecule has 0 fully saturated rings. The lowest BCUT2D eigenvalue weighted by Crippen LogP contribution is -1.84. The number of hydrogen-bond donors (Lipinski definition) is 3. The van der Waals surface area contributed by atoms with Crippen molar-refractivity contribution in [1.29, 1.82) is 0 Å². The van der Waals surface area contributed by atoms with Crippen LogP contribution >= 0.6 is 32.0 Å². The number of imidazole rings is 1. The second kappa shape index (κ2) is 8.57. The molecule has 0 saturated carbocycles. The van der Waals surface area contributed by atoms with Crippen LogP contribution in [0.25, 0.3) is 33.3 Å². The van der Waals surface area contributed by atoms with Gasteiger partial charge in [0, 0.05) is 18.0 Å². The summed E-state index contributed by atoms with van der Waals surface area (Å²) in [5, 5.41) is 1.24. The summed E-state index contributed by atoms with van der Waals surface area (Å²) in [6.45, 7) is 0. The van der Waals surface area contributed by atoms with Gasteiger partial charge in [0.05, 0.1) is 16.1 Å². The van der Waals surface area contributed by atoms with Crippen molar-refractivity contribution < 1.29 is 14.3 Å². The molecule has 0 aliphatic rings. The Morgan fingerprint density at radius 3 is 2.57 bits per heavy atom. The van der Waals surface area contributed by atoms with E-state index < -0.39 is 8.60 Å². The quantitative estimate of drug-likeness (QED) is 0.220. The van der Waals surface area contributed by atoms with Crippen molar-refractivity contribution >= 4 is 43.0 Å². The van der Waals surface area contributed by atoms with Crippen molar-refractivity contribution in [2.75, 3.05) is 5.94 Å². The molecule has 0 amide bonds. The van der Waals surface area contributed by atoms with Gasteiger partial charge in [-0.1, -0.05) is 53.7 Å². The van der Waals surface area contributed by atoms with Gasteiger partial charge in [0.25, 0.3) is 0 Å². The van der Waals surface area contributed by atoms with Gasteiger partial charge in [-0.05, 0) is 34.9 Å². The largest absolute Gasteiger partial charge is 0.333 e. The highest BCUT2D eigenvalue weighted by Crippen LogP contribution is 2.34. The van der Waals surface area contributed by atoms with Gasteiger partial charge in [-0.15, -0.1) is 0 Å². The predicted octanol–water partition coefficient (Wildman–Crippen LogP) is 5.22. The Hall–Kier alpha value is -1.99. The Labute approximate surface area is 171 Å². The number of hydrogen-bond acceptors (Lipinski definition) is 6. The molecule has 9 heteroatoms. The molecule has 28 heavy (non-hydrogen) atoms. The van der Waals surface area contributed by atoms with Crippen molar-refractivity contribution in [3.63, 3.8) is 0 Å². The van der Waals surface area contributed by atoms with Gasteiger partial charge in [-0.25, -0.2) is 4.98 Å². The van der Waals surface area contributed by atoms with Gasteiger partial charge in [-0.3, -0.25) is 4.98 Å². The van der Waals surface area contributed by atoms with Crippen molar-refractivity contribution in [2.24, 2.45) is 0 Å². The number of rotatable bonds is 6. The summed E-state index contributed by atoms with van der Waals surface area (Å²) in [7, 11) is -2.37. The maximum atomic E-state index is 8.79. The number of halogens is 1. The van der Waals surface area contributed by atoms with Crippen LogP contribution in [0.5, 0.6) is 0 Å². The molecule has 2 aromatic heterocycles. The summed E-state index contributed by atoms with van der Waals surface area (Å²) >= 11 is 7.74. The Balaban J connectivity index is 1.60. The Morgan fingerprint density at radius 2 is 1.86 bits per heavy atom. The fourth-order valence-electron chi connectivity index (χ4n) is 2.80. The summed E-state index contributed by atoms with van der Waals surface area (Å²) < 4.78 is 4.75. The van der Waals surface area contributed by atoms with Crippen molar-refractivity contribution in [3.8, 4) is 22.3 Å². The SMILES string of the molecule is OP(O)OCSc1nc2cc(-c3ccc(-c4cccnc4)cc3)c(Cl)cc2[nH]1. The maximum absolute atomic E-state index is 8.79. The number of nitrogens with one attached hydrogen (secondary N) is 1. The number of fused-ring (bicyclic) bond motifs is 1. The molecule has 0 radical (unpaired) electrons. The van der Waals surface area contributed by atoms with Crippen LogP contribution in [0.3, 0.4) is 0 Å². The van der Waals surface area contributed by atoms with Crippen molar-refractivity contribution in [2.45, 2.75) is 5.16 Å². The second-order valence-electron chi connectivity index (χ2n) is 5.85. The number of aromatic amines is 1. The van der Waals surface area contributed by atoms with Crippen LogP contribution in [0.2, 0.25) is 5.02 Å². The summed E-state index contributed by atoms with van der Waals surface area (Å²) in [6.07, 6.45) is 3.58. The average Bonchev–Trinajstić information content (AvgIpc) is 3.09. The third-order valence-corrected chi connectivity index (χ3v) is 5.65. The topological polar surface area (TPSA) is 91.3 Å². The molecule has 0 spiro atoms. The fraction of sp³-hybridized carbons (Fsp3) is 0.0526. The predicted molar refractivity (Wildman–Crippen MR) is 113 cm³/mol. The van der Waals surface area contributed by atoms with Crippen LogP contribution in [0.15, 0.2) is 66.1 Å². The maximum Gasteiger partial charge on any atom is 0.327 e. The fourth-order valence-corrected chi connectivity index (χ4v) is 4.12. The molecule has 2 heterocycles. The lowest BCUT2D eigenvalue weighted by atomic mass is 10.0. The standard InChI is InChI=1S/C19H15ClN3O3PS/c20-16-9-18-17(22-19(23-18)28-11-26-27(24)25)8-15(16)13-5-3-12(4-6-13)14-2-1-7-21-10-14/h1-10,24-25H,11H2,(H,22,23). The number of thioether (sulfide) groups is 1. The van der Waals surface area contributed by atoms with E-state index in [2.05, 4.69) is 15.0 Å². The number of pyridine rings is 1. The van der Waals surface area contributed by atoms with Crippen LogP contribution in [-0.4, -0.2) is 30.7 Å². The van der Waals surface area contributed by atoms with Crippen LogP contribution in [0.4, 0.5) is 0 Å². The lowest BCUT2D eigenvalue weighted by molar-refractivity contribution is 0.299. The molecule has 142 valence electrons. The monoisotopic (exact) mass is 431 g/mol. The molecule has 0 atom stereocenters. The number of benzene rings is 2. The first-order chi connectivity index (χ1) is 13.6. The van der Waals surface area contributed by atoms with Crippen LogP contribution in [0.1, 0.15) is 0 Å². The number of H-pyrrole nitrogens is 1. The number of nitrogens with zero attached hydrogens (tertiary/aromatic N) is 2. The van der Waals surface area contributed by atoms with Crippen LogP contribution < -0.4 is 0 Å². The Bertz CT molecular complexity index is 1090. The highest BCUT2D eigenvalue weighted by atomic mass is 35.5. The first-order valence-corrected chi connectivity index (χ1v) is 10.8. The van der Waals surface area contributed by atoms with E-state index >= 15 is 0 Å². The Morgan fingerprint density at radius 1 is 1.07 bits per heavy atom. The van der Waals surface area contributed by atoms with Gasteiger partial charge in [0.1, 0.15) is 5.94 Å². The zero-order valence-corrected chi connectivity index (χ0v) is 16.9. The highest BCUT2D eigenvalue weighted by Gasteiger charge is 2.11. The van der Waals surface area contributed by atoms with Gasteiger partial charge >= 0.3 is 8.60 Å². The molecule has 2 aromatic carbocycles. The molecule has 3 N–H and O–H groups in total. The van der Waals surface area contributed by atoms with E-state index in [0.29, 0.717) is 10.2 Å². The zero-order chi connectivity index (χ0) is 19.5. The summed E-state index contributed by atoms with van der Waals surface area (Å²) in [6, 6.07) is 15.8. The van der Waals surface area contributed by atoms with E-state index in [1.807, 2.05) is 54.7 Å². The van der Waals surface area contributed by atoms with E-state index in [4.69, 9.17) is 25.9 Å². The van der Waals surface area contributed by atoms with E-state index in [0.717, 1.165) is 33.3 Å². The lowest BCUT2D eigenvalue weighted by Gasteiger charge is -2.07. The molecule has 0 saturated heterocycles. The molecule has 6 nitrogen and oxygen atoms in total.